The second-order valence-electron chi connectivity index (χ2n) is 6.76. The van der Waals surface area contributed by atoms with Gasteiger partial charge in [-0.2, -0.15) is 0 Å². The SMILES string of the molecule is Cc1ncc2c(c1OC(=O)[C@@H](O[N+](=O)[O-])C(C)C)CO[C@H]2c1ccc(Cl)cc1. The molecule has 1 aromatic carbocycles. The Kier molecular flexibility index (Phi) is 5.81. The van der Waals surface area contributed by atoms with Crippen LogP contribution in [0.1, 0.15) is 42.3 Å². The Labute approximate surface area is 166 Å². The monoisotopic (exact) mass is 406 g/mol. The van der Waals surface area contributed by atoms with Gasteiger partial charge in [0.05, 0.1) is 12.3 Å². The maximum Gasteiger partial charge on any atom is 0.341 e. The van der Waals surface area contributed by atoms with E-state index in [1.165, 1.54) is 0 Å². The predicted octanol–water partition coefficient (Wildman–Crippen LogP) is 3.80. The van der Waals surface area contributed by atoms with Crippen molar-refractivity contribution in [3.05, 3.63) is 68.0 Å². The highest BCUT2D eigenvalue weighted by Crippen LogP contribution is 2.41. The zero-order chi connectivity index (χ0) is 20.4. The maximum absolute atomic E-state index is 12.5. The van der Waals surface area contributed by atoms with E-state index in [0.29, 0.717) is 16.3 Å². The number of aromatic nitrogens is 1. The van der Waals surface area contributed by atoms with Crippen LogP contribution in [0.4, 0.5) is 0 Å². The Hall–Kier alpha value is -2.71. The van der Waals surface area contributed by atoms with E-state index in [0.717, 1.165) is 11.1 Å². The summed E-state index contributed by atoms with van der Waals surface area (Å²) in [5.41, 5.74) is 2.83. The zero-order valence-corrected chi connectivity index (χ0v) is 16.3. The number of fused-ring (bicyclic) bond motifs is 1. The molecule has 0 N–H and O–H groups in total. The highest BCUT2D eigenvalue weighted by molar-refractivity contribution is 6.30. The molecular weight excluding hydrogens is 388 g/mol. The number of esters is 1. The molecule has 28 heavy (non-hydrogen) atoms. The molecule has 8 nitrogen and oxygen atoms in total. The van der Waals surface area contributed by atoms with E-state index in [1.807, 2.05) is 12.1 Å². The van der Waals surface area contributed by atoms with Crippen molar-refractivity contribution in [3.8, 4) is 5.75 Å². The summed E-state index contributed by atoms with van der Waals surface area (Å²) in [6.07, 6.45) is -0.0183. The summed E-state index contributed by atoms with van der Waals surface area (Å²) < 4.78 is 11.4. The molecule has 0 bridgehead atoms. The van der Waals surface area contributed by atoms with Crippen LogP contribution in [0.2, 0.25) is 5.02 Å². The number of nitrogens with zero attached hydrogens (tertiary/aromatic N) is 2. The fraction of sp³-hybridized carbons (Fsp3) is 0.368. The van der Waals surface area contributed by atoms with E-state index in [1.54, 1.807) is 39.1 Å². The molecule has 0 spiro atoms. The van der Waals surface area contributed by atoms with Crippen LogP contribution in [0.5, 0.6) is 5.75 Å². The number of halogens is 1. The average Bonchev–Trinajstić information content (AvgIpc) is 3.06. The van der Waals surface area contributed by atoms with Crippen molar-refractivity contribution in [2.45, 2.75) is 39.6 Å². The molecule has 148 valence electrons. The lowest BCUT2D eigenvalue weighted by Gasteiger charge is -2.19. The van der Waals surface area contributed by atoms with Crippen LogP contribution in [0.25, 0.3) is 0 Å². The van der Waals surface area contributed by atoms with Crippen LogP contribution >= 0.6 is 11.6 Å². The van der Waals surface area contributed by atoms with Crippen molar-refractivity contribution in [2.24, 2.45) is 5.92 Å². The lowest BCUT2D eigenvalue weighted by atomic mass is 10.00. The molecule has 2 aromatic rings. The summed E-state index contributed by atoms with van der Waals surface area (Å²) in [5, 5.41) is 10.3. The Morgan fingerprint density at radius 3 is 2.64 bits per heavy atom. The minimum Gasteiger partial charge on any atom is -0.423 e. The molecule has 0 saturated carbocycles. The van der Waals surface area contributed by atoms with Gasteiger partial charge in [0.2, 0.25) is 6.10 Å². The summed E-state index contributed by atoms with van der Waals surface area (Å²) in [4.78, 5) is 32.0. The summed E-state index contributed by atoms with van der Waals surface area (Å²) in [5.74, 6) is -1.04. The second kappa shape index (κ2) is 8.12. The minimum atomic E-state index is -1.33. The molecular formula is C19H19ClN2O6. The van der Waals surface area contributed by atoms with Gasteiger partial charge < -0.3 is 9.47 Å². The molecule has 2 heterocycles. The Morgan fingerprint density at radius 2 is 2.04 bits per heavy atom. The summed E-state index contributed by atoms with van der Waals surface area (Å²) in [6, 6.07) is 7.24. The van der Waals surface area contributed by atoms with Gasteiger partial charge in [0, 0.05) is 22.3 Å². The van der Waals surface area contributed by atoms with Gasteiger partial charge in [-0.25, -0.2) is 4.79 Å². The van der Waals surface area contributed by atoms with Crippen LogP contribution in [0, 0.1) is 23.0 Å². The fourth-order valence-corrected chi connectivity index (χ4v) is 3.15. The van der Waals surface area contributed by atoms with Crippen molar-refractivity contribution in [1.29, 1.82) is 0 Å². The normalized spacial score (nSPS) is 16.5. The molecule has 1 aliphatic rings. The van der Waals surface area contributed by atoms with E-state index in [9.17, 15) is 14.9 Å². The van der Waals surface area contributed by atoms with Gasteiger partial charge in [-0.15, -0.1) is 10.1 Å². The van der Waals surface area contributed by atoms with Crippen LogP contribution in [0.15, 0.2) is 30.5 Å². The third-order valence-electron chi connectivity index (χ3n) is 4.44. The molecule has 0 saturated heterocycles. The van der Waals surface area contributed by atoms with Crippen molar-refractivity contribution in [1.82, 2.24) is 4.98 Å². The van der Waals surface area contributed by atoms with E-state index in [2.05, 4.69) is 9.82 Å². The van der Waals surface area contributed by atoms with Gasteiger partial charge in [0.1, 0.15) is 6.10 Å². The van der Waals surface area contributed by atoms with Crippen LogP contribution in [0.3, 0.4) is 0 Å². The molecule has 2 atom stereocenters. The van der Waals surface area contributed by atoms with Crippen molar-refractivity contribution < 1.29 is 24.2 Å². The van der Waals surface area contributed by atoms with Crippen molar-refractivity contribution in [2.75, 3.05) is 0 Å². The predicted molar refractivity (Wildman–Crippen MR) is 99.4 cm³/mol. The van der Waals surface area contributed by atoms with E-state index in [-0.39, 0.29) is 18.5 Å². The van der Waals surface area contributed by atoms with Crippen molar-refractivity contribution >= 4 is 17.6 Å². The molecule has 1 aromatic heterocycles. The number of pyridine rings is 1. The number of benzene rings is 1. The molecule has 3 rings (SSSR count). The fourth-order valence-electron chi connectivity index (χ4n) is 3.02. The number of hydrogen-bond acceptors (Lipinski definition) is 7. The highest BCUT2D eigenvalue weighted by atomic mass is 35.5. The Balaban J connectivity index is 1.90. The van der Waals surface area contributed by atoms with Crippen molar-refractivity contribution in [3.63, 3.8) is 0 Å². The standard InChI is InChI=1S/C19H19ClN2O6/c1-10(2)16(28-22(24)25)19(23)27-17-11(3)21-8-14-15(17)9-26-18(14)12-4-6-13(20)7-5-12/h4-8,10,16,18H,9H2,1-3H3/t16-,18-/m0/s1. The Bertz CT molecular complexity index is 900. The van der Waals surface area contributed by atoms with E-state index >= 15 is 0 Å². The largest absolute Gasteiger partial charge is 0.423 e. The number of carbonyl (C=O) groups excluding carboxylic acids is 1. The first-order valence-corrected chi connectivity index (χ1v) is 9.04. The molecule has 0 unspecified atom stereocenters. The van der Waals surface area contributed by atoms with E-state index in [4.69, 9.17) is 21.1 Å². The lowest BCUT2D eigenvalue weighted by Crippen LogP contribution is -2.35. The van der Waals surface area contributed by atoms with Crippen LogP contribution < -0.4 is 4.74 Å². The minimum absolute atomic E-state index is 0.219. The highest BCUT2D eigenvalue weighted by Gasteiger charge is 2.33. The molecule has 0 radical (unpaired) electrons. The quantitative estimate of drug-likeness (QED) is 0.408. The van der Waals surface area contributed by atoms with Gasteiger partial charge in [0.25, 0.3) is 5.09 Å². The molecule has 1 aliphatic heterocycles. The summed E-state index contributed by atoms with van der Waals surface area (Å²) in [6.45, 7) is 5.18. The summed E-state index contributed by atoms with van der Waals surface area (Å²) in [7, 11) is 0. The van der Waals surface area contributed by atoms with E-state index < -0.39 is 23.1 Å². The first-order valence-electron chi connectivity index (χ1n) is 8.66. The number of carbonyl (C=O) groups is 1. The third-order valence-corrected chi connectivity index (χ3v) is 4.69. The van der Waals surface area contributed by atoms with Crippen LogP contribution in [-0.4, -0.2) is 22.1 Å². The molecule has 0 fully saturated rings. The average molecular weight is 407 g/mol. The number of ether oxygens (including phenoxy) is 2. The lowest BCUT2D eigenvalue weighted by molar-refractivity contribution is -0.766. The molecule has 0 amide bonds. The van der Waals surface area contributed by atoms with Gasteiger partial charge in [-0.05, 0) is 30.5 Å². The Morgan fingerprint density at radius 1 is 1.36 bits per heavy atom. The van der Waals surface area contributed by atoms with Gasteiger partial charge in [-0.3, -0.25) is 9.82 Å². The second-order valence-corrected chi connectivity index (χ2v) is 7.20. The molecule has 9 heteroatoms. The number of rotatable bonds is 6. The van der Waals surface area contributed by atoms with Gasteiger partial charge in [0.15, 0.2) is 5.75 Å². The molecule has 0 aliphatic carbocycles. The van der Waals surface area contributed by atoms with Crippen LogP contribution in [-0.2, 0) is 21.0 Å². The third kappa shape index (κ3) is 4.07. The number of aryl methyl sites for hydroxylation is 1. The first kappa shape index (κ1) is 20.0. The van der Waals surface area contributed by atoms with Gasteiger partial charge in [-0.1, -0.05) is 37.6 Å². The number of hydrogen-bond donors (Lipinski definition) is 0. The summed E-state index contributed by atoms with van der Waals surface area (Å²) >= 11 is 5.94. The smallest absolute Gasteiger partial charge is 0.341 e. The van der Waals surface area contributed by atoms with Gasteiger partial charge >= 0.3 is 5.97 Å². The topological polar surface area (TPSA) is 101 Å². The first-order chi connectivity index (χ1) is 13.3. The zero-order valence-electron chi connectivity index (χ0n) is 15.5. The maximum atomic E-state index is 12.5.